The van der Waals surface area contributed by atoms with Crippen molar-refractivity contribution in [3.63, 3.8) is 0 Å². The lowest BCUT2D eigenvalue weighted by Gasteiger charge is -2.31. The van der Waals surface area contributed by atoms with E-state index in [1.807, 2.05) is 6.07 Å². The molecule has 1 heterocycles. The number of anilines is 3. The van der Waals surface area contributed by atoms with Crippen LogP contribution in [0.15, 0.2) is 71.6 Å². The van der Waals surface area contributed by atoms with Crippen LogP contribution in [0.4, 0.5) is 21.9 Å². The first-order valence-corrected chi connectivity index (χ1v) is 11.9. The minimum Gasteiger partial charge on any atom is -0.497 e. The van der Waals surface area contributed by atoms with Gasteiger partial charge in [-0.3, -0.25) is 4.31 Å². The summed E-state index contributed by atoms with van der Waals surface area (Å²) in [6.07, 6.45) is 1.50. The summed E-state index contributed by atoms with van der Waals surface area (Å²) in [7, 11) is -0.658. The number of hydrogen-bond acceptors (Lipinski definition) is 5. The van der Waals surface area contributed by atoms with Crippen molar-refractivity contribution in [2.45, 2.75) is 17.7 Å². The summed E-state index contributed by atoms with van der Waals surface area (Å²) in [4.78, 5) is 12.9. The van der Waals surface area contributed by atoms with E-state index in [1.54, 1.807) is 67.8 Å². The largest absolute Gasteiger partial charge is 0.497 e. The van der Waals surface area contributed by atoms with Crippen LogP contribution in [-0.2, 0) is 16.4 Å². The molecule has 1 aliphatic rings. The zero-order chi connectivity index (χ0) is 23.4. The van der Waals surface area contributed by atoms with Gasteiger partial charge in [0.15, 0.2) is 0 Å². The van der Waals surface area contributed by atoms with E-state index in [1.165, 1.54) is 11.4 Å². The molecule has 9 heteroatoms. The number of carbonyl (C=O) groups is 1. The number of carbonyl (C=O) groups excluding carboxylic acids is 1. The van der Waals surface area contributed by atoms with Gasteiger partial charge in [-0.15, -0.1) is 0 Å². The highest BCUT2D eigenvalue weighted by Crippen LogP contribution is 2.34. The van der Waals surface area contributed by atoms with E-state index in [2.05, 4.69) is 10.6 Å². The van der Waals surface area contributed by atoms with E-state index >= 15 is 0 Å². The highest BCUT2D eigenvalue weighted by molar-refractivity contribution is 7.92. The SMILES string of the molecule is COc1ccc(NC(=O)Nc2ccc3c(c2)N(S(=O)(=O)c2ccccc2)CCC3)c(OC)c1. The zero-order valence-electron chi connectivity index (χ0n) is 18.4. The molecule has 1 aliphatic heterocycles. The lowest BCUT2D eigenvalue weighted by atomic mass is 10.0. The van der Waals surface area contributed by atoms with E-state index in [4.69, 9.17) is 9.47 Å². The second-order valence-electron chi connectivity index (χ2n) is 7.48. The number of hydrogen-bond donors (Lipinski definition) is 2. The fourth-order valence-electron chi connectivity index (χ4n) is 3.77. The second-order valence-corrected chi connectivity index (χ2v) is 9.34. The van der Waals surface area contributed by atoms with Crippen LogP contribution in [0.1, 0.15) is 12.0 Å². The van der Waals surface area contributed by atoms with Crippen molar-refractivity contribution in [3.8, 4) is 11.5 Å². The first kappa shape index (κ1) is 22.5. The van der Waals surface area contributed by atoms with Crippen molar-refractivity contribution >= 4 is 33.1 Å². The quantitative estimate of drug-likeness (QED) is 0.557. The minimum atomic E-state index is -3.71. The van der Waals surface area contributed by atoms with Crippen molar-refractivity contribution in [2.24, 2.45) is 0 Å². The Morgan fingerprint density at radius 2 is 1.73 bits per heavy atom. The maximum absolute atomic E-state index is 13.2. The van der Waals surface area contributed by atoms with Crippen LogP contribution in [0, 0.1) is 0 Å². The third-order valence-corrected chi connectivity index (χ3v) is 7.23. The minimum absolute atomic E-state index is 0.237. The van der Waals surface area contributed by atoms with E-state index in [0.29, 0.717) is 35.1 Å². The first-order valence-electron chi connectivity index (χ1n) is 10.4. The molecule has 0 aliphatic carbocycles. The third-order valence-electron chi connectivity index (χ3n) is 5.41. The van der Waals surface area contributed by atoms with Crippen molar-refractivity contribution in [1.29, 1.82) is 0 Å². The number of amides is 2. The maximum atomic E-state index is 13.2. The number of ether oxygens (including phenoxy) is 2. The van der Waals surface area contributed by atoms with Gasteiger partial charge in [0.1, 0.15) is 11.5 Å². The Bertz CT molecular complexity index is 1260. The molecule has 0 spiro atoms. The molecule has 0 saturated heterocycles. The van der Waals surface area contributed by atoms with Crippen molar-refractivity contribution in [3.05, 3.63) is 72.3 Å². The van der Waals surface area contributed by atoms with Gasteiger partial charge in [-0.2, -0.15) is 0 Å². The van der Waals surface area contributed by atoms with Crippen LogP contribution >= 0.6 is 0 Å². The van der Waals surface area contributed by atoms with E-state index in [9.17, 15) is 13.2 Å². The molecule has 0 bridgehead atoms. The molecule has 2 amide bonds. The number of rotatable bonds is 6. The molecule has 172 valence electrons. The highest BCUT2D eigenvalue weighted by Gasteiger charge is 2.29. The van der Waals surface area contributed by atoms with Gasteiger partial charge < -0.3 is 20.1 Å². The molecule has 2 N–H and O–H groups in total. The topological polar surface area (TPSA) is 97.0 Å². The molecule has 0 unspecified atom stereocenters. The highest BCUT2D eigenvalue weighted by atomic mass is 32.2. The van der Waals surface area contributed by atoms with Gasteiger partial charge in [0.25, 0.3) is 10.0 Å². The summed E-state index contributed by atoms with van der Waals surface area (Å²) in [6.45, 7) is 0.378. The van der Waals surface area contributed by atoms with Gasteiger partial charge >= 0.3 is 6.03 Å². The fraction of sp³-hybridized carbons (Fsp3) is 0.208. The van der Waals surface area contributed by atoms with Crippen LogP contribution in [0.25, 0.3) is 0 Å². The van der Waals surface area contributed by atoms with Gasteiger partial charge in [0, 0.05) is 18.3 Å². The second kappa shape index (κ2) is 9.41. The van der Waals surface area contributed by atoms with E-state index in [-0.39, 0.29) is 4.90 Å². The summed E-state index contributed by atoms with van der Waals surface area (Å²) >= 11 is 0. The molecule has 4 rings (SSSR count). The molecule has 0 atom stereocenters. The monoisotopic (exact) mass is 467 g/mol. The number of aryl methyl sites for hydroxylation is 1. The summed E-state index contributed by atoms with van der Waals surface area (Å²) in [6, 6.07) is 18.2. The van der Waals surface area contributed by atoms with Crippen molar-refractivity contribution < 1.29 is 22.7 Å². The number of fused-ring (bicyclic) bond motifs is 1. The molecule has 8 nitrogen and oxygen atoms in total. The van der Waals surface area contributed by atoms with Crippen molar-refractivity contribution in [1.82, 2.24) is 0 Å². The van der Waals surface area contributed by atoms with Crippen LogP contribution in [0.5, 0.6) is 11.5 Å². The molecule has 0 aromatic heterocycles. The normalized spacial score (nSPS) is 13.1. The van der Waals surface area contributed by atoms with Gasteiger partial charge in [-0.25, -0.2) is 13.2 Å². The molecule has 3 aromatic carbocycles. The third kappa shape index (κ3) is 4.73. The molecule has 3 aromatic rings. The van der Waals surface area contributed by atoms with E-state index < -0.39 is 16.1 Å². The first-order chi connectivity index (χ1) is 15.9. The number of nitrogens with zero attached hydrogens (tertiary/aromatic N) is 1. The summed E-state index contributed by atoms with van der Waals surface area (Å²) in [5.74, 6) is 1.06. The van der Waals surface area contributed by atoms with Gasteiger partial charge in [-0.1, -0.05) is 24.3 Å². The average Bonchev–Trinajstić information content (AvgIpc) is 2.84. The number of urea groups is 1. The Hall–Kier alpha value is -3.72. The fourth-order valence-corrected chi connectivity index (χ4v) is 5.33. The van der Waals surface area contributed by atoms with Crippen LogP contribution < -0.4 is 24.4 Å². The number of methoxy groups -OCH3 is 2. The maximum Gasteiger partial charge on any atom is 0.323 e. The smallest absolute Gasteiger partial charge is 0.323 e. The average molecular weight is 468 g/mol. The lowest BCUT2D eigenvalue weighted by molar-refractivity contribution is 0.262. The predicted octanol–water partition coefficient (Wildman–Crippen LogP) is 4.49. The van der Waals surface area contributed by atoms with E-state index in [0.717, 1.165) is 18.4 Å². The summed E-state index contributed by atoms with van der Waals surface area (Å²) in [5, 5.41) is 5.52. The number of sulfonamides is 1. The van der Waals surface area contributed by atoms with Gasteiger partial charge in [0.2, 0.25) is 0 Å². The molecule has 33 heavy (non-hydrogen) atoms. The Balaban J connectivity index is 1.57. The summed E-state index contributed by atoms with van der Waals surface area (Å²) < 4.78 is 38.4. The summed E-state index contributed by atoms with van der Waals surface area (Å²) in [5.41, 5.74) is 2.45. The Labute approximate surface area is 193 Å². The Morgan fingerprint density at radius 1 is 0.939 bits per heavy atom. The Kier molecular flexibility index (Phi) is 6.41. The zero-order valence-corrected chi connectivity index (χ0v) is 19.2. The van der Waals surface area contributed by atoms with Crippen LogP contribution in [-0.4, -0.2) is 35.2 Å². The molecule has 0 fully saturated rings. The molecule has 0 saturated carbocycles. The van der Waals surface area contributed by atoms with Crippen molar-refractivity contribution in [2.75, 3.05) is 35.7 Å². The number of nitrogens with one attached hydrogen (secondary N) is 2. The van der Waals surface area contributed by atoms with Gasteiger partial charge in [-0.05, 0) is 54.8 Å². The molecule has 0 radical (unpaired) electrons. The van der Waals surface area contributed by atoms with Crippen LogP contribution in [0.3, 0.4) is 0 Å². The van der Waals surface area contributed by atoms with Gasteiger partial charge in [0.05, 0.1) is 30.5 Å². The lowest BCUT2D eigenvalue weighted by Crippen LogP contribution is -2.35. The predicted molar refractivity (Wildman–Crippen MR) is 128 cm³/mol. The molecular formula is C24H25N3O5S. The number of benzene rings is 3. The molecular weight excluding hydrogens is 442 g/mol. The van der Waals surface area contributed by atoms with Crippen LogP contribution in [0.2, 0.25) is 0 Å². The Morgan fingerprint density at radius 3 is 2.45 bits per heavy atom. The standard InChI is InChI=1S/C24H25N3O5S/c1-31-19-12-13-21(23(16-19)32-2)26-24(28)25-18-11-10-17-7-6-14-27(22(17)15-18)33(29,30)20-8-4-3-5-9-20/h3-5,8-13,15-16H,6-7,14H2,1-2H3,(H2,25,26,28).